The summed E-state index contributed by atoms with van der Waals surface area (Å²) < 4.78 is 25.4. The molecule has 118 valence electrons. The molecular weight excluding hydrogens is 310 g/mol. The van der Waals surface area contributed by atoms with E-state index in [0.717, 1.165) is 54.4 Å². The second kappa shape index (κ2) is 7.20. The van der Waals surface area contributed by atoms with Crippen LogP contribution in [0.3, 0.4) is 0 Å². The molecule has 0 saturated carbocycles. The van der Waals surface area contributed by atoms with Crippen molar-refractivity contribution in [2.75, 3.05) is 26.4 Å². The lowest BCUT2D eigenvalue weighted by atomic mass is 9.80. The third kappa shape index (κ3) is 3.39. The highest BCUT2D eigenvalue weighted by molar-refractivity contribution is 7.30. The zero-order valence-electron chi connectivity index (χ0n) is 12.9. The van der Waals surface area contributed by atoms with Crippen LogP contribution in [0.5, 0.6) is 0 Å². The fourth-order valence-electron chi connectivity index (χ4n) is 2.85. The van der Waals surface area contributed by atoms with Crippen LogP contribution in [0.25, 0.3) is 11.1 Å². The molecule has 4 nitrogen and oxygen atoms in total. The predicted octanol–water partition coefficient (Wildman–Crippen LogP) is 1.68. The Morgan fingerprint density at radius 3 is 2.04 bits per heavy atom. The summed E-state index contributed by atoms with van der Waals surface area (Å²) in [6, 6.07) is 12.5. The van der Waals surface area contributed by atoms with Crippen LogP contribution in [-0.2, 0) is 18.6 Å². The molecule has 1 aromatic carbocycles. The molecule has 0 spiro atoms. The van der Waals surface area contributed by atoms with Gasteiger partial charge in [0.15, 0.2) is 0 Å². The van der Waals surface area contributed by atoms with Gasteiger partial charge >= 0.3 is 14.2 Å². The van der Waals surface area contributed by atoms with E-state index < -0.39 is 0 Å². The molecule has 2 aliphatic rings. The second-order valence-corrected chi connectivity index (χ2v) is 6.76. The number of hydrogen-bond donors (Lipinski definition) is 0. The van der Waals surface area contributed by atoms with Gasteiger partial charge in [-0.3, -0.25) is 0 Å². The number of thiophene rings is 1. The molecule has 0 bridgehead atoms. The Balaban J connectivity index is 1.70. The van der Waals surface area contributed by atoms with Gasteiger partial charge in [0, 0.05) is 36.0 Å². The topological polar surface area (TPSA) is 36.9 Å². The maximum Gasteiger partial charge on any atom is 0.505 e. The first kappa shape index (κ1) is 15.4. The maximum absolute atomic E-state index is 5.83. The van der Waals surface area contributed by atoms with Crippen LogP contribution in [0.2, 0.25) is 0 Å². The standard InChI is InChI=1S/C16H18B2O4S/c1-2-6-13(7-3-1)14-12-15(17-19-8-4-9-20-17)23-16(14)18-21-10-5-11-22-18/h1-3,6-7,12H,4-5,8-11H2. The van der Waals surface area contributed by atoms with Crippen molar-refractivity contribution < 1.29 is 18.6 Å². The van der Waals surface area contributed by atoms with Gasteiger partial charge < -0.3 is 18.6 Å². The average molecular weight is 328 g/mol. The van der Waals surface area contributed by atoms with Crippen molar-refractivity contribution in [2.45, 2.75) is 12.8 Å². The highest BCUT2D eigenvalue weighted by atomic mass is 32.1. The third-order valence-corrected chi connectivity index (χ3v) is 5.14. The van der Waals surface area contributed by atoms with Crippen molar-refractivity contribution in [2.24, 2.45) is 0 Å². The second-order valence-electron chi connectivity index (χ2n) is 5.65. The fraction of sp³-hybridized carbons (Fsp3) is 0.375. The molecule has 2 aromatic rings. The Hall–Kier alpha value is -1.11. The quantitative estimate of drug-likeness (QED) is 0.804. The number of rotatable bonds is 3. The average Bonchev–Trinajstić information content (AvgIpc) is 3.09. The van der Waals surface area contributed by atoms with Crippen molar-refractivity contribution in [3.05, 3.63) is 36.4 Å². The summed E-state index contributed by atoms with van der Waals surface area (Å²) in [6.07, 6.45) is 1.90. The lowest BCUT2D eigenvalue weighted by Crippen LogP contribution is -2.41. The van der Waals surface area contributed by atoms with E-state index in [0.29, 0.717) is 0 Å². The maximum atomic E-state index is 5.83. The molecule has 1 aromatic heterocycles. The van der Waals surface area contributed by atoms with Crippen molar-refractivity contribution in [3.63, 3.8) is 0 Å². The molecule has 0 amide bonds. The monoisotopic (exact) mass is 328 g/mol. The summed E-state index contributed by atoms with van der Waals surface area (Å²) >= 11 is 1.67. The Kier molecular flexibility index (Phi) is 4.82. The van der Waals surface area contributed by atoms with Crippen molar-refractivity contribution in [1.29, 1.82) is 0 Å². The van der Waals surface area contributed by atoms with Crippen LogP contribution in [-0.4, -0.2) is 40.7 Å². The van der Waals surface area contributed by atoms with E-state index in [1.165, 1.54) is 5.56 Å². The molecule has 23 heavy (non-hydrogen) atoms. The van der Waals surface area contributed by atoms with E-state index in [9.17, 15) is 0 Å². The van der Waals surface area contributed by atoms with Gasteiger partial charge in [-0.1, -0.05) is 30.3 Å². The molecule has 0 radical (unpaired) electrons. The minimum atomic E-state index is -0.290. The van der Waals surface area contributed by atoms with E-state index in [-0.39, 0.29) is 14.2 Å². The van der Waals surface area contributed by atoms with Crippen molar-refractivity contribution >= 4 is 35.1 Å². The third-order valence-electron chi connectivity index (χ3n) is 3.97. The molecule has 0 atom stereocenters. The van der Waals surface area contributed by atoms with E-state index >= 15 is 0 Å². The summed E-state index contributed by atoms with van der Waals surface area (Å²) in [5.74, 6) is 0. The first-order valence-corrected chi connectivity index (χ1v) is 8.89. The van der Waals surface area contributed by atoms with Gasteiger partial charge in [0.25, 0.3) is 0 Å². The molecule has 7 heteroatoms. The molecule has 4 rings (SSSR count). The predicted molar refractivity (Wildman–Crippen MR) is 93.6 cm³/mol. The van der Waals surface area contributed by atoms with Gasteiger partial charge in [0.05, 0.1) is 0 Å². The summed E-state index contributed by atoms with van der Waals surface area (Å²) in [5, 5.41) is 0. The molecule has 0 N–H and O–H groups in total. The molecule has 0 aliphatic carbocycles. The zero-order valence-corrected chi connectivity index (χ0v) is 13.7. The Bertz CT molecular complexity index is 637. The number of hydrogen-bond acceptors (Lipinski definition) is 5. The molecular formula is C16H18B2O4S. The molecule has 3 heterocycles. The summed E-state index contributed by atoms with van der Waals surface area (Å²) in [4.78, 5) is 0. The largest absolute Gasteiger partial charge is 0.505 e. The van der Waals surface area contributed by atoms with Gasteiger partial charge in [-0.15, -0.1) is 0 Å². The Labute approximate surface area is 141 Å². The lowest BCUT2D eigenvalue weighted by Gasteiger charge is -2.20. The Morgan fingerprint density at radius 2 is 1.39 bits per heavy atom. The highest BCUT2D eigenvalue weighted by Gasteiger charge is 2.34. The molecule has 2 fully saturated rings. The van der Waals surface area contributed by atoms with Gasteiger partial charge in [0.2, 0.25) is 0 Å². The van der Waals surface area contributed by atoms with Crippen LogP contribution in [0.15, 0.2) is 36.4 Å². The SMILES string of the molecule is c1ccc(-c2cc(B3OCCCO3)sc2B2OCCCO2)cc1. The van der Waals surface area contributed by atoms with Gasteiger partial charge in [-0.2, -0.15) is 11.3 Å². The van der Waals surface area contributed by atoms with E-state index in [1.807, 2.05) is 18.2 Å². The van der Waals surface area contributed by atoms with E-state index in [1.54, 1.807) is 11.3 Å². The molecule has 0 unspecified atom stereocenters. The first-order valence-electron chi connectivity index (χ1n) is 8.07. The summed E-state index contributed by atoms with van der Waals surface area (Å²) in [6.45, 7) is 2.97. The first-order chi connectivity index (χ1) is 11.4. The highest BCUT2D eigenvalue weighted by Crippen LogP contribution is 2.22. The Morgan fingerprint density at radius 1 is 0.783 bits per heavy atom. The van der Waals surface area contributed by atoms with Crippen molar-refractivity contribution in [1.82, 2.24) is 0 Å². The fourth-order valence-corrected chi connectivity index (χ4v) is 4.03. The van der Waals surface area contributed by atoms with Crippen LogP contribution in [0.4, 0.5) is 0 Å². The summed E-state index contributed by atoms with van der Waals surface area (Å²) in [7, 11) is -0.560. The normalized spacial score (nSPS) is 19.1. The van der Waals surface area contributed by atoms with Crippen LogP contribution in [0, 0.1) is 0 Å². The molecule has 2 aliphatic heterocycles. The summed E-state index contributed by atoms with van der Waals surface area (Å²) in [5.41, 5.74) is 2.31. The smallest absolute Gasteiger partial charge is 0.407 e. The van der Waals surface area contributed by atoms with Gasteiger partial charge in [-0.05, 0) is 30.0 Å². The van der Waals surface area contributed by atoms with Crippen molar-refractivity contribution in [3.8, 4) is 11.1 Å². The van der Waals surface area contributed by atoms with Gasteiger partial charge in [0.1, 0.15) is 0 Å². The van der Waals surface area contributed by atoms with Crippen LogP contribution in [0.1, 0.15) is 12.8 Å². The van der Waals surface area contributed by atoms with Crippen LogP contribution < -0.4 is 9.55 Å². The van der Waals surface area contributed by atoms with Crippen LogP contribution >= 0.6 is 11.3 Å². The number of benzene rings is 1. The van der Waals surface area contributed by atoms with Gasteiger partial charge in [-0.25, -0.2) is 0 Å². The van der Waals surface area contributed by atoms with E-state index in [2.05, 4.69) is 18.2 Å². The molecule has 2 saturated heterocycles. The van der Waals surface area contributed by atoms with E-state index in [4.69, 9.17) is 18.6 Å². The lowest BCUT2D eigenvalue weighted by molar-refractivity contribution is 0.144. The minimum absolute atomic E-state index is 0.270. The zero-order chi connectivity index (χ0) is 15.5. The minimum Gasteiger partial charge on any atom is -0.407 e.